The summed E-state index contributed by atoms with van der Waals surface area (Å²) in [7, 11) is -2.06. The summed E-state index contributed by atoms with van der Waals surface area (Å²) in [5.41, 5.74) is -0.463. The molecule has 0 aliphatic carbocycles. The van der Waals surface area contributed by atoms with Crippen LogP contribution in [0, 0.1) is 0 Å². The van der Waals surface area contributed by atoms with E-state index in [2.05, 4.69) is 15.9 Å². The molecule has 0 aliphatic rings. The molecule has 1 heterocycles. The van der Waals surface area contributed by atoms with Crippen molar-refractivity contribution in [1.29, 1.82) is 0 Å². The zero-order valence-corrected chi connectivity index (χ0v) is 14.4. The maximum atomic E-state index is 12.6. The minimum absolute atomic E-state index is 0.244. The number of hydrogen-bond donors (Lipinski definition) is 0. The van der Waals surface area contributed by atoms with E-state index >= 15 is 0 Å². The molecule has 104 valence electrons. The van der Waals surface area contributed by atoms with E-state index < -0.39 is 15.6 Å². The maximum Gasteiger partial charge on any atom is 0.256 e. The summed E-state index contributed by atoms with van der Waals surface area (Å²) in [5, 5.41) is 1.72. The molecule has 0 aliphatic heterocycles. The Hall–Kier alpha value is -0.110. The van der Waals surface area contributed by atoms with Crippen molar-refractivity contribution >= 4 is 37.3 Å². The molecule has 1 rings (SSSR count). The molecule has 0 saturated carbocycles. The third-order valence-electron chi connectivity index (χ3n) is 2.44. The second kappa shape index (κ2) is 5.48. The fourth-order valence-electron chi connectivity index (χ4n) is 1.77. The number of halogens is 1. The van der Waals surface area contributed by atoms with Crippen molar-refractivity contribution in [2.75, 3.05) is 13.7 Å². The Morgan fingerprint density at radius 3 is 2.39 bits per heavy atom. The Morgan fingerprint density at radius 1 is 1.44 bits per heavy atom. The van der Waals surface area contributed by atoms with Gasteiger partial charge in [0.25, 0.3) is 10.0 Å². The average Bonchev–Trinajstić information content (AvgIpc) is 2.58. The Labute approximate surface area is 121 Å². The Morgan fingerprint density at radius 2 is 2.00 bits per heavy atom. The third kappa shape index (κ3) is 2.89. The predicted molar refractivity (Wildman–Crippen MR) is 77.9 cm³/mol. The van der Waals surface area contributed by atoms with Gasteiger partial charge in [-0.1, -0.05) is 6.92 Å². The average molecular weight is 356 g/mol. The first-order valence-corrected chi connectivity index (χ1v) is 8.61. The highest BCUT2D eigenvalue weighted by atomic mass is 79.9. The first-order valence-electron chi connectivity index (χ1n) is 5.50. The van der Waals surface area contributed by atoms with Crippen LogP contribution in [0.15, 0.2) is 14.1 Å². The van der Waals surface area contributed by atoms with Crippen molar-refractivity contribution in [3.63, 3.8) is 0 Å². The molecule has 1 aromatic heterocycles. The minimum atomic E-state index is -3.53. The number of rotatable bonds is 4. The summed E-state index contributed by atoms with van der Waals surface area (Å²) < 4.78 is 32.8. The van der Waals surface area contributed by atoms with Gasteiger partial charge in [-0.05, 0) is 36.7 Å². The van der Waals surface area contributed by atoms with E-state index in [1.54, 1.807) is 5.38 Å². The molecule has 0 saturated heterocycles. The van der Waals surface area contributed by atoms with Gasteiger partial charge < -0.3 is 4.74 Å². The van der Waals surface area contributed by atoms with Gasteiger partial charge in [0.2, 0.25) is 0 Å². The molecule has 0 spiro atoms. The largest absolute Gasteiger partial charge is 0.493 e. The molecule has 0 N–H and O–H groups in total. The highest BCUT2D eigenvalue weighted by Crippen LogP contribution is 2.40. The zero-order valence-electron chi connectivity index (χ0n) is 11.2. The molecule has 1 aromatic rings. The summed E-state index contributed by atoms with van der Waals surface area (Å²) in [6.07, 6.45) is 0. The molecular formula is C11H18BrNO3S2. The number of hydrogen-bond acceptors (Lipinski definition) is 4. The lowest BCUT2D eigenvalue weighted by Gasteiger charge is -2.33. The van der Waals surface area contributed by atoms with Gasteiger partial charge in [0.05, 0.1) is 11.6 Å². The number of sulfonamides is 1. The van der Waals surface area contributed by atoms with Gasteiger partial charge in [-0.15, -0.1) is 11.3 Å². The molecule has 0 radical (unpaired) electrons. The van der Waals surface area contributed by atoms with E-state index in [-0.39, 0.29) is 4.21 Å². The standard InChI is InChI=1S/C11H18BrNO3S2/c1-6-13(11(2,3)4)18(14,15)10-9(16-5)8(12)7-17-10/h7H,6H2,1-5H3. The van der Waals surface area contributed by atoms with Gasteiger partial charge in [-0.25, -0.2) is 8.42 Å². The molecule has 0 atom stereocenters. The van der Waals surface area contributed by atoms with Gasteiger partial charge >= 0.3 is 0 Å². The summed E-state index contributed by atoms with van der Waals surface area (Å²) >= 11 is 4.46. The van der Waals surface area contributed by atoms with Crippen LogP contribution in [-0.4, -0.2) is 31.9 Å². The lowest BCUT2D eigenvalue weighted by atomic mass is 10.1. The predicted octanol–water partition coefficient (Wildman–Crippen LogP) is 3.33. The van der Waals surface area contributed by atoms with E-state index in [1.165, 1.54) is 22.8 Å². The van der Waals surface area contributed by atoms with E-state index in [0.717, 1.165) is 0 Å². The summed E-state index contributed by atoms with van der Waals surface area (Å²) in [4.78, 5) is 0. The van der Waals surface area contributed by atoms with Crippen LogP contribution in [-0.2, 0) is 10.0 Å². The van der Waals surface area contributed by atoms with Gasteiger partial charge in [0, 0.05) is 17.5 Å². The monoisotopic (exact) mass is 355 g/mol. The van der Waals surface area contributed by atoms with Crippen molar-refractivity contribution in [2.45, 2.75) is 37.4 Å². The van der Waals surface area contributed by atoms with E-state index in [1.807, 2.05) is 27.7 Å². The molecule has 4 nitrogen and oxygen atoms in total. The first-order chi connectivity index (χ1) is 8.16. The van der Waals surface area contributed by atoms with Crippen LogP contribution in [0.1, 0.15) is 27.7 Å². The number of ether oxygens (including phenoxy) is 1. The van der Waals surface area contributed by atoms with Crippen LogP contribution in [0.5, 0.6) is 5.75 Å². The lowest BCUT2D eigenvalue weighted by molar-refractivity contribution is 0.259. The fraction of sp³-hybridized carbons (Fsp3) is 0.636. The van der Waals surface area contributed by atoms with Crippen molar-refractivity contribution in [1.82, 2.24) is 4.31 Å². The highest BCUT2D eigenvalue weighted by molar-refractivity contribution is 9.10. The van der Waals surface area contributed by atoms with Crippen LogP contribution in [0.25, 0.3) is 0 Å². The molecule has 0 aromatic carbocycles. The smallest absolute Gasteiger partial charge is 0.256 e. The minimum Gasteiger partial charge on any atom is -0.493 e. The summed E-state index contributed by atoms with van der Waals surface area (Å²) in [6.45, 7) is 7.89. The van der Waals surface area contributed by atoms with E-state index in [0.29, 0.717) is 16.8 Å². The molecule has 0 amide bonds. The van der Waals surface area contributed by atoms with Crippen molar-refractivity contribution < 1.29 is 13.2 Å². The van der Waals surface area contributed by atoms with Crippen LogP contribution >= 0.6 is 27.3 Å². The topological polar surface area (TPSA) is 46.6 Å². The number of thiophene rings is 1. The highest BCUT2D eigenvalue weighted by Gasteiger charge is 2.36. The summed E-state index contributed by atoms with van der Waals surface area (Å²) in [5.74, 6) is 0.378. The van der Waals surface area contributed by atoms with E-state index in [4.69, 9.17) is 4.74 Å². The zero-order chi connectivity index (χ0) is 14.1. The van der Waals surface area contributed by atoms with Gasteiger partial charge in [-0.2, -0.15) is 4.31 Å². The second-order valence-electron chi connectivity index (χ2n) is 4.74. The molecule has 0 bridgehead atoms. The van der Waals surface area contributed by atoms with Crippen molar-refractivity contribution in [3.8, 4) is 5.75 Å². The van der Waals surface area contributed by atoms with E-state index in [9.17, 15) is 8.42 Å². The molecule has 0 fully saturated rings. The molecule has 0 unspecified atom stereocenters. The molecular weight excluding hydrogens is 338 g/mol. The molecule has 18 heavy (non-hydrogen) atoms. The van der Waals surface area contributed by atoms with Gasteiger partial charge in [0.1, 0.15) is 0 Å². The lowest BCUT2D eigenvalue weighted by Crippen LogP contribution is -2.45. The Bertz CT molecular complexity index is 517. The first kappa shape index (κ1) is 15.9. The Balaban J connectivity index is 3.37. The molecule has 7 heteroatoms. The van der Waals surface area contributed by atoms with Crippen LogP contribution in [0.4, 0.5) is 0 Å². The summed E-state index contributed by atoms with van der Waals surface area (Å²) in [6, 6.07) is 0. The normalized spacial score (nSPS) is 13.1. The maximum absolute atomic E-state index is 12.6. The Kier molecular flexibility index (Phi) is 4.86. The number of nitrogens with zero attached hydrogens (tertiary/aromatic N) is 1. The van der Waals surface area contributed by atoms with Crippen molar-refractivity contribution in [3.05, 3.63) is 9.85 Å². The van der Waals surface area contributed by atoms with Crippen LogP contribution < -0.4 is 4.74 Å². The van der Waals surface area contributed by atoms with Gasteiger partial charge in [-0.3, -0.25) is 0 Å². The quantitative estimate of drug-likeness (QED) is 0.831. The second-order valence-corrected chi connectivity index (χ2v) is 8.54. The fourth-order valence-corrected chi connectivity index (χ4v) is 5.88. The SMILES string of the molecule is CCN(C(C)(C)C)S(=O)(=O)c1scc(Br)c1OC. The number of methoxy groups -OCH3 is 1. The third-order valence-corrected chi connectivity index (χ3v) is 7.04. The van der Waals surface area contributed by atoms with Crippen LogP contribution in [0.3, 0.4) is 0 Å². The van der Waals surface area contributed by atoms with Crippen LogP contribution in [0.2, 0.25) is 0 Å². The van der Waals surface area contributed by atoms with Crippen molar-refractivity contribution in [2.24, 2.45) is 0 Å². The van der Waals surface area contributed by atoms with Gasteiger partial charge in [0.15, 0.2) is 9.96 Å².